The summed E-state index contributed by atoms with van der Waals surface area (Å²) in [7, 11) is 0. The Balaban J connectivity index is 1.44. The zero-order chi connectivity index (χ0) is 22.0. The number of nitrogens with one attached hydrogen (secondary N) is 2. The number of hydrogen-bond acceptors (Lipinski definition) is 2. The van der Waals surface area contributed by atoms with Crippen LogP contribution in [0.25, 0.3) is 0 Å². The molecule has 0 atom stereocenters. The SMILES string of the molecule is Cc1cccc(C(=O)N2CCc3ccc(CNC(=O)Nc4ccc(C)cc4C)cc32)c1. The highest BCUT2D eigenvalue weighted by Gasteiger charge is 2.25. The van der Waals surface area contributed by atoms with Crippen LogP contribution < -0.4 is 15.5 Å². The molecule has 0 radical (unpaired) electrons. The van der Waals surface area contributed by atoms with Crippen molar-refractivity contribution in [2.24, 2.45) is 0 Å². The Bertz CT molecular complexity index is 1150. The van der Waals surface area contributed by atoms with E-state index in [2.05, 4.69) is 16.7 Å². The first-order valence-electron chi connectivity index (χ1n) is 10.5. The van der Waals surface area contributed by atoms with Crippen LogP contribution in [0.15, 0.2) is 60.7 Å². The topological polar surface area (TPSA) is 61.4 Å². The van der Waals surface area contributed by atoms with Gasteiger partial charge < -0.3 is 15.5 Å². The van der Waals surface area contributed by atoms with Crippen LogP contribution in [0, 0.1) is 20.8 Å². The maximum atomic E-state index is 13.0. The molecule has 0 saturated carbocycles. The zero-order valence-corrected chi connectivity index (χ0v) is 18.2. The number of aryl methyl sites for hydroxylation is 3. The molecule has 3 aromatic rings. The highest BCUT2D eigenvalue weighted by atomic mass is 16.2. The van der Waals surface area contributed by atoms with Gasteiger partial charge in [0.25, 0.3) is 5.91 Å². The van der Waals surface area contributed by atoms with E-state index in [1.165, 1.54) is 0 Å². The fraction of sp³-hybridized carbons (Fsp3) is 0.231. The van der Waals surface area contributed by atoms with Crippen LogP contribution in [0.3, 0.4) is 0 Å². The largest absolute Gasteiger partial charge is 0.334 e. The van der Waals surface area contributed by atoms with Gasteiger partial charge in [-0.25, -0.2) is 4.79 Å². The summed E-state index contributed by atoms with van der Waals surface area (Å²) in [4.78, 5) is 27.2. The monoisotopic (exact) mass is 413 g/mol. The van der Waals surface area contributed by atoms with E-state index in [0.29, 0.717) is 18.7 Å². The number of hydrogen-bond donors (Lipinski definition) is 2. The number of nitrogens with zero attached hydrogens (tertiary/aromatic N) is 1. The quantitative estimate of drug-likeness (QED) is 0.622. The number of amides is 3. The lowest BCUT2D eigenvalue weighted by molar-refractivity contribution is 0.0989. The standard InChI is InChI=1S/C26H27N3O2/c1-17-5-4-6-22(14-17)25(30)29-12-11-21-9-8-20(15-24(21)29)16-27-26(31)28-23-10-7-18(2)13-19(23)3/h4-10,13-15H,11-12,16H2,1-3H3,(H2,27,28,31). The molecule has 1 aliphatic heterocycles. The van der Waals surface area contributed by atoms with Gasteiger partial charge in [-0.05, 0) is 68.1 Å². The molecule has 5 nitrogen and oxygen atoms in total. The molecule has 0 spiro atoms. The maximum absolute atomic E-state index is 13.0. The molecule has 31 heavy (non-hydrogen) atoms. The molecule has 3 aromatic carbocycles. The van der Waals surface area contributed by atoms with Gasteiger partial charge in [0.15, 0.2) is 0 Å². The van der Waals surface area contributed by atoms with E-state index < -0.39 is 0 Å². The highest BCUT2D eigenvalue weighted by molar-refractivity contribution is 6.07. The van der Waals surface area contributed by atoms with Crippen molar-refractivity contribution in [2.45, 2.75) is 33.7 Å². The summed E-state index contributed by atoms with van der Waals surface area (Å²) < 4.78 is 0. The first kappa shape index (κ1) is 20.7. The van der Waals surface area contributed by atoms with Crippen molar-refractivity contribution >= 4 is 23.3 Å². The second-order valence-electron chi connectivity index (χ2n) is 8.17. The van der Waals surface area contributed by atoms with Crippen molar-refractivity contribution in [1.82, 2.24) is 5.32 Å². The molecule has 5 heteroatoms. The average Bonchev–Trinajstić information content (AvgIpc) is 3.17. The van der Waals surface area contributed by atoms with E-state index in [-0.39, 0.29) is 11.9 Å². The molecular formula is C26H27N3O2. The molecule has 0 aromatic heterocycles. The Labute approximate surface area is 183 Å². The summed E-state index contributed by atoms with van der Waals surface area (Å²) in [6.07, 6.45) is 0.841. The molecule has 0 saturated heterocycles. The lowest BCUT2D eigenvalue weighted by Gasteiger charge is -2.18. The van der Waals surface area contributed by atoms with Crippen molar-refractivity contribution < 1.29 is 9.59 Å². The molecule has 0 unspecified atom stereocenters. The van der Waals surface area contributed by atoms with E-state index in [4.69, 9.17) is 0 Å². The number of fused-ring (bicyclic) bond motifs is 1. The first-order chi connectivity index (χ1) is 14.9. The minimum Gasteiger partial charge on any atom is -0.334 e. The van der Waals surface area contributed by atoms with Crippen LogP contribution in [-0.4, -0.2) is 18.5 Å². The molecule has 1 aliphatic rings. The molecule has 0 fully saturated rings. The van der Waals surface area contributed by atoms with Gasteiger partial charge >= 0.3 is 6.03 Å². The van der Waals surface area contributed by atoms with Crippen LogP contribution in [0.5, 0.6) is 0 Å². The Kier molecular flexibility index (Phi) is 5.76. The van der Waals surface area contributed by atoms with E-state index in [1.54, 1.807) is 0 Å². The molecule has 3 amide bonds. The lowest BCUT2D eigenvalue weighted by atomic mass is 10.1. The maximum Gasteiger partial charge on any atom is 0.319 e. The fourth-order valence-electron chi connectivity index (χ4n) is 3.98. The van der Waals surface area contributed by atoms with Crippen molar-refractivity contribution in [2.75, 3.05) is 16.8 Å². The Hall–Kier alpha value is -3.60. The molecule has 0 aliphatic carbocycles. The number of carbonyl (C=O) groups is 2. The molecule has 0 bridgehead atoms. The van der Waals surface area contributed by atoms with Crippen LogP contribution >= 0.6 is 0 Å². The van der Waals surface area contributed by atoms with Crippen molar-refractivity contribution in [3.05, 3.63) is 94.0 Å². The molecule has 2 N–H and O–H groups in total. The Morgan fingerprint density at radius 3 is 2.52 bits per heavy atom. The van der Waals surface area contributed by atoms with Gasteiger partial charge in [0, 0.05) is 30.0 Å². The molecule has 1 heterocycles. The molecule has 4 rings (SSSR count). The number of rotatable bonds is 4. The van der Waals surface area contributed by atoms with Crippen molar-refractivity contribution in [3.63, 3.8) is 0 Å². The van der Waals surface area contributed by atoms with Gasteiger partial charge in [0.1, 0.15) is 0 Å². The van der Waals surface area contributed by atoms with E-state index in [9.17, 15) is 9.59 Å². The molecule has 158 valence electrons. The molecular weight excluding hydrogens is 386 g/mol. The Morgan fingerprint density at radius 2 is 1.74 bits per heavy atom. The summed E-state index contributed by atoms with van der Waals surface area (Å²) >= 11 is 0. The van der Waals surface area contributed by atoms with Crippen molar-refractivity contribution in [1.29, 1.82) is 0 Å². The average molecular weight is 414 g/mol. The number of anilines is 2. The summed E-state index contributed by atoms with van der Waals surface area (Å²) in [5, 5.41) is 5.81. The van der Waals surface area contributed by atoms with Gasteiger partial charge in [-0.15, -0.1) is 0 Å². The predicted molar refractivity (Wildman–Crippen MR) is 125 cm³/mol. The van der Waals surface area contributed by atoms with E-state index in [1.807, 2.05) is 80.3 Å². The number of urea groups is 1. The first-order valence-corrected chi connectivity index (χ1v) is 10.5. The van der Waals surface area contributed by atoms with Gasteiger partial charge in [0.2, 0.25) is 0 Å². The second kappa shape index (κ2) is 8.64. The highest BCUT2D eigenvalue weighted by Crippen LogP contribution is 2.30. The predicted octanol–water partition coefficient (Wildman–Crippen LogP) is 5.14. The van der Waals surface area contributed by atoms with Crippen molar-refractivity contribution in [3.8, 4) is 0 Å². The number of benzene rings is 3. The third-order valence-corrected chi connectivity index (χ3v) is 5.64. The smallest absolute Gasteiger partial charge is 0.319 e. The zero-order valence-electron chi connectivity index (χ0n) is 18.2. The summed E-state index contributed by atoms with van der Waals surface area (Å²) in [6, 6.07) is 19.4. The third-order valence-electron chi connectivity index (χ3n) is 5.64. The second-order valence-corrected chi connectivity index (χ2v) is 8.17. The summed E-state index contributed by atoms with van der Waals surface area (Å²) in [5.74, 6) is 0.0140. The van der Waals surface area contributed by atoms with Crippen LogP contribution in [-0.2, 0) is 13.0 Å². The van der Waals surface area contributed by atoms with Gasteiger partial charge in [0.05, 0.1) is 0 Å². The van der Waals surface area contributed by atoms with Gasteiger partial charge in [-0.2, -0.15) is 0 Å². The van der Waals surface area contributed by atoms with Gasteiger partial charge in [-0.1, -0.05) is 47.5 Å². The number of carbonyl (C=O) groups excluding carboxylic acids is 2. The van der Waals surface area contributed by atoms with Crippen LogP contribution in [0.1, 0.15) is 38.2 Å². The lowest BCUT2D eigenvalue weighted by Crippen LogP contribution is -2.30. The van der Waals surface area contributed by atoms with Gasteiger partial charge in [-0.3, -0.25) is 4.79 Å². The van der Waals surface area contributed by atoms with E-state index >= 15 is 0 Å². The minimum absolute atomic E-state index is 0.0140. The Morgan fingerprint density at radius 1 is 0.935 bits per heavy atom. The van der Waals surface area contributed by atoms with Crippen LogP contribution in [0.2, 0.25) is 0 Å². The fourth-order valence-corrected chi connectivity index (χ4v) is 3.98. The van der Waals surface area contributed by atoms with E-state index in [0.717, 1.165) is 45.6 Å². The summed E-state index contributed by atoms with van der Waals surface area (Å²) in [6.45, 7) is 7.05. The van der Waals surface area contributed by atoms with Crippen LogP contribution in [0.4, 0.5) is 16.2 Å². The normalized spacial score (nSPS) is 12.4. The third kappa shape index (κ3) is 4.61. The minimum atomic E-state index is -0.250. The summed E-state index contributed by atoms with van der Waals surface area (Å²) in [5.41, 5.74) is 7.79.